The molecule has 26 heavy (non-hydrogen) atoms. The highest BCUT2D eigenvalue weighted by Crippen LogP contribution is 2.33. The number of hydrogen-bond acceptors (Lipinski definition) is 3. The Bertz CT molecular complexity index is 986. The summed E-state index contributed by atoms with van der Waals surface area (Å²) in [6.45, 7) is 1.16. The van der Waals surface area contributed by atoms with Crippen molar-refractivity contribution in [2.45, 2.75) is 13.0 Å². The topological polar surface area (TPSA) is 49.8 Å². The summed E-state index contributed by atoms with van der Waals surface area (Å²) in [7, 11) is 0. The van der Waals surface area contributed by atoms with Crippen molar-refractivity contribution in [2.75, 3.05) is 13.2 Å². The molecular formula is C21H18BrNO3. The Hall–Kier alpha value is -2.53. The first-order valence-corrected chi connectivity index (χ1v) is 9.30. The van der Waals surface area contributed by atoms with Crippen LogP contribution in [0.2, 0.25) is 0 Å². The number of carbonyl (C=O) groups excluding carboxylic acids is 1. The van der Waals surface area contributed by atoms with E-state index in [1.54, 1.807) is 17.0 Å². The molecule has 0 fully saturated rings. The molecular weight excluding hydrogens is 394 g/mol. The van der Waals surface area contributed by atoms with Crippen LogP contribution in [0.3, 0.4) is 0 Å². The summed E-state index contributed by atoms with van der Waals surface area (Å²) in [5.41, 5.74) is 2.18. The van der Waals surface area contributed by atoms with Crippen LogP contribution in [0.5, 0.6) is 11.5 Å². The van der Waals surface area contributed by atoms with Gasteiger partial charge in [-0.05, 0) is 62.4 Å². The largest absolute Gasteiger partial charge is 0.508 e. The molecule has 0 spiro atoms. The molecule has 0 atom stereocenters. The predicted octanol–water partition coefficient (Wildman–Crippen LogP) is 4.27. The molecule has 1 aliphatic rings. The van der Waals surface area contributed by atoms with Crippen LogP contribution in [0.4, 0.5) is 0 Å². The fraction of sp³-hybridized carbons (Fsp3) is 0.190. The lowest BCUT2D eigenvalue weighted by molar-refractivity contribution is -0.134. The smallest absolute Gasteiger partial charge is 0.260 e. The van der Waals surface area contributed by atoms with E-state index in [2.05, 4.69) is 15.9 Å². The number of aromatic hydroxyl groups is 1. The highest BCUT2D eigenvalue weighted by molar-refractivity contribution is 9.10. The molecule has 1 amide bonds. The molecule has 1 heterocycles. The number of carbonyl (C=O) groups is 1. The van der Waals surface area contributed by atoms with E-state index < -0.39 is 0 Å². The van der Waals surface area contributed by atoms with E-state index in [9.17, 15) is 9.90 Å². The van der Waals surface area contributed by atoms with Gasteiger partial charge in [0.15, 0.2) is 6.61 Å². The first-order chi connectivity index (χ1) is 12.6. The molecule has 4 nitrogen and oxygen atoms in total. The summed E-state index contributed by atoms with van der Waals surface area (Å²) in [4.78, 5) is 14.3. The van der Waals surface area contributed by atoms with Crippen LogP contribution >= 0.6 is 15.9 Å². The van der Waals surface area contributed by atoms with Crippen LogP contribution in [-0.4, -0.2) is 29.1 Å². The number of phenols is 1. The van der Waals surface area contributed by atoms with Gasteiger partial charge in [-0.15, -0.1) is 0 Å². The number of phenolic OH excluding ortho intramolecular Hbond substituents is 1. The predicted molar refractivity (Wildman–Crippen MR) is 104 cm³/mol. The van der Waals surface area contributed by atoms with Crippen molar-refractivity contribution in [2.24, 2.45) is 0 Å². The Morgan fingerprint density at radius 1 is 1.12 bits per heavy atom. The average molecular weight is 412 g/mol. The minimum Gasteiger partial charge on any atom is -0.508 e. The lowest BCUT2D eigenvalue weighted by Gasteiger charge is -2.29. The van der Waals surface area contributed by atoms with E-state index in [-0.39, 0.29) is 18.3 Å². The fourth-order valence-electron chi connectivity index (χ4n) is 3.31. The van der Waals surface area contributed by atoms with Crippen LogP contribution in [0.25, 0.3) is 10.8 Å². The number of hydrogen-bond donors (Lipinski definition) is 1. The lowest BCUT2D eigenvalue weighted by Crippen LogP contribution is -2.38. The van der Waals surface area contributed by atoms with Crippen LogP contribution in [-0.2, 0) is 17.8 Å². The molecule has 0 aromatic heterocycles. The SMILES string of the molecule is O=C(COc1ccc2ccccc2c1Br)N1CCc2ccc(O)cc2C1. The van der Waals surface area contributed by atoms with Crippen molar-refractivity contribution in [3.63, 3.8) is 0 Å². The van der Waals surface area contributed by atoms with Crippen LogP contribution in [0.15, 0.2) is 59.1 Å². The quantitative estimate of drug-likeness (QED) is 0.699. The number of nitrogens with zero attached hydrogens (tertiary/aromatic N) is 1. The summed E-state index contributed by atoms with van der Waals surface area (Å²) >= 11 is 3.58. The molecule has 0 saturated heterocycles. The molecule has 0 saturated carbocycles. The van der Waals surface area contributed by atoms with Gasteiger partial charge in [-0.2, -0.15) is 0 Å². The van der Waals surface area contributed by atoms with Gasteiger partial charge in [0.1, 0.15) is 11.5 Å². The summed E-state index contributed by atoms with van der Waals surface area (Å²) in [5.74, 6) is 0.834. The number of benzene rings is 3. The Balaban J connectivity index is 1.45. The summed E-state index contributed by atoms with van der Waals surface area (Å²) < 4.78 is 6.64. The lowest BCUT2D eigenvalue weighted by atomic mass is 9.99. The Morgan fingerprint density at radius 2 is 1.96 bits per heavy atom. The molecule has 1 N–H and O–H groups in total. The average Bonchev–Trinajstić information content (AvgIpc) is 2.67. The zero-order valence-corrected chi connectivity index (χ0v) is 15.7. The maximum absolute atomic E-state index is 12.6. The number of fused-ring (bicyclic) bond motifs is 2. The Morgan fingerprint density at radius 3 is 2.85 bits per heavy atom. The maximum atomic E-state index is 12.6. The second kappa shape index (κ2) is 7.00. The number of ether oxygens (including phenoxy) is 1. The van der Waals surface area contributed by atoms with Gasteiger partial charge >= 0.3 is 0 Å². The normalized spacial score (nSPS) is 13.5. The van der Waals surface area contributed by atoms with Crippen molar-refractivity contribution in [1.29, 1.82) is 0 Å². The summed E-state index contributed by atoms with van der Waals surface area (Å²) in [6.07, 6.45) is 0.793. The third-order valence-electron chi connectivity index (χ3n) is 4.73. The minimum absolute atomic E-state index is 0.00884. The highest BCUT2D eigenvalue weighted by Gasteiger charge is 2.21. The van der Waals surface area contributed by atoms with Gasteiger partial charge in [-0.1, -0.05) is 36.4 Å². The van der Waals surface area contributed by atoms with Crippen LogP contribution < -0.4 is 4.74 Å². The van der Waals surface area contributed by atoms with Gasteiger partial charge < -0.3 is 14.7 Å². The zero-order valence-electron chi connectivity index (χ0n) is 14.1. The van der Waals surface area contributed by atoms with E-state index in [4.69, 9.17) is 4.74 Å². The molecule has 0 bridgehead atoms. The van der Waals surface area contributed by atoms with Gasteiger partial charge in [0.2, 0.25) is 0 Å². The minimum atomic E-state index is -0.0564. The first-order valence-electron chi connectivity index (χ1n) is 8.50. The molecule has 4 rings (SSSR count). The molecule has 5 heteroatoms. The summed E-state index contributed by atoms with van der Waals surface area (Å²) in [5, 5.41) is 11.8. The molecule has 0 unspecified atom stereocenters. The summed E-state index contributed by atoms with van der Waals surface area (Å²) in [6, 6.07) is 17.2. The monoisotopic (exact) mass is 411 g/mol. The van der Waals surface area contributed by atoms with Gasteiger partial charge in [-0.25, -0.2) is 0 Å². The van der Waals surface area contributed by atoms with E-state index in [1.807, 2.05) is 42.5 Å². The third kappa shape index (κ3) is 3.27. The van der Waals surface area contributed by atoms with Crippen molar-refractivity contribution < 1.29 is 14.6 Å². The van der Waals surface area contributed by atoms with Crippen LogP contribution in [0, 0.1) is 0 Å². The first kappa shape index (κ1) is 16.9. The molecule has 0 aliphatic carbocycles. The molecule has 0 radical (unpaired) electrons. The highest BCUT2D eigenvalue weighted by atomic mass is 79.9. The molecule has 3 aromatic carbocycles. The number of amides is 1. The molecule has 1 aliphatic heterocycles. The van der Waals surface area contributed by atoms with Gasteiger partial charge in [0.05, 0.1) is 4.47 Å². The molecule has 132 valence electrons. The zero-order chi connectivity index (χ0) is 18.1. The fourth-order valence-corrected chi connectivity index (χ4v) is 3.92. The van der Waals surface area contributed by atoms with Gasteiger partial charge in [0.25, 0.3) is 5.91 Å². The van der Waals surface area contributed by atoms with E-state index in [0.29, 0.717) is 18.8 Å². The maximum Gasteiger partial charge on any atom is 0.260 e. The van der Waals surface area contributed by atoms with Gasteiger partial charge in [0, 0.05) is 13.1 Å². The van der Waals surface area contributed by atoms with Crippen molar-refractivity contribution >= 4 is 32.6 Å². The van der Waals surface area contributed by atoms with E-state index in [0.717, 1.165) is 27.2 Å². The molecule has 3 aromatic rings. The number of rotatable bonds is 3. The Labute approximate surface area is 160 Å². The van der Waals surface area contributed by atoms with Crippen molar-refractivity contribution in [3.8, 4) is 11.5 Å². The second-order valence-corrected chi connectivity index (χ2v) is 7.20. The van der Waals surface area contributed by atoms with Crippen LogP contribution in [0.1, 0.15) is 11.1 Å². The number of halogens is 1. The van der Waals surface area contributed by atoms with E-state index in [1.165, 1.54) is 5.56 Å². The van der Waals surface area contributed by atoms with Crippen molar-refractivity contribution in [1.82, 2.24) is 4.90 Å². The Kier molecular flexibility index (Phi) is 4.55. The van der Waals surface area contributed by atoms with Gasteiger partial charge in [-0.3, -0.25) is 4.79 Å². The van der Waals surface area contributed by atoms with E-state index >= 15 is 0 Å². The second-order valence-electron chi connectivity index (χ2n) is 6.41. The van der Waals surface area contributed by atoms with Crippen molar-refractivity contribution in [3.05, 3.63) is 70.2 Å². The third-order valence-corrected chi connectivity index (χ3v) is 5.55. The standard InChI is InChI=1S/C21H18BrNO3/c22-21-18-4-2-1-3-15(18)6-8-19(21)26-13-20(25)23-10-9-14-5-7-17(24)11-16(14)12-23/h1-8,11,24H,9-10,12-13H2.